The second-order valence-corrected chi connectivity index (χ2v) is 8.37. The number of rotatable bonds is 5. The molecule has 1 aliphatic heterocycles. The largest absolute Gasteiger partial charge is 0.490 e. The number of furan rings is 1. The molecule has 1 aliphatic carbocycles. The van der Waals surface area contributed by atoms with Crippen LogP contribution in [-0.4, -0.2) is 82.1 Å². The smallest absolute Gasteiger partial charge is 0.475 e. The van der Waals surface area contributed by atoms with Crippen molar-refractivity contribution in [2.75, 3.05) is 19.7 Å². The lowest BCUT2D eigenvalue weighted by atomic mass is 10.0. The molecule has 3 unspecified atom stereocenters. The number of alkyl halides is 6. The van der Waals surface area contributed by atoms with Gasteiger partial charge < -0.3 is 24.7 Å². The number of hydrogen-bond donors (Lipinski definition) is 3. The van der Waals surface area contributed by atoms with Crippen LogP contribution in [0.3, 0.4) is 0 Å². The number of morpholine rings is 1. The molecule has 2 fully saturated rings. The van der Waals surface area contributed by atoms with Crippen LogP contribution in [0.1, 0.15) is 29.0 Å². The summed E-state index contributed by atoms with van der Waals surface area (Å²) in [4.78, 5) is 36.6. The SMILES string of the molecule is O=C(NCC1CCC2C1OCCN2Cc1cccnc1)c1ccco1.O=C(O)C(F)(F)F.O=C(O)C(F)(F)F. The highest BCUT2D eigenvalue weighted by atomic mass is 19.4. The molecule has 2 aromatic rings. The monoisotopic (exact) mass is 569 g/mol. The van der Waals surface area contributed by atoms with E-state index < -0.39 is 24.3 Å². The summed E-state index contributed by atoms with van der Waals surface area (Å²) in [5.74, 6) is -4.96. The Morgan fingerprint density at radius 1 is 1.03 bits per heavy atom. The molecule has 0 spiro atoms. The van der Waals surface area contributed by atoms with Crippen molar-refractivity contribution in [3.63, 3.8) is 0 Å². The van der Waals surface area contributed by atoms with Crippen LogP contribution < -0.4 is 5.32 Å². The van der Waals surface area contributed by atoms with Gasteiger partial charge in [0.2, 0.25) is 0 Å². The lowest BCUT2D eigenvalue weighted by molar-refractivity contribution is -0.193. The van der Waals surface area contributed by atoms with Gasteiger partial charge >= 0.3 is 24.3 Å². The van der Waals surface area contributed by atoms with Crippen LogP contribution in [0, 0.1) is 5.92 Å². The number of carbonyl (C=O) groups is 3. The Bertz CT molecular complexity index is 1040. The zero-order valence-corrected chi connectivity index (χ0v) is 20.1. The molecular weight excluding hydrogens is 544 g/mol. The fourth-order valence-electron chi connectivity index (χ4n) is 4.00. The molecule has 0 aromatic carbocycles. The molecular formula is C23H25F6N3O7. The molecule has 3 atom stereocenters. The third-order valence-corrected chi connectivity index (χ3v) is 5.70. The Morgan fingerprint density at radius 3 is 2.18 bits per heavy atom. The summed E-state index contributed by atoms with van der Waals surface area (Å²) in [6, 6.07) is 7.92. The van der Waals surface area contributed by atoms with Crippen LogP contribution in [0.4, 0.5) is 26.3 Å². The second kappa shape index (κ2) is 13.9. The third kappa shape index (κ3) is 10.2. The zero-order chi connectivity index (χ0) is 29.2. The molecule has 16 heteroatoms. The van der Waals surface area contributed by atoms with E-state index in [0.717, 1.165) is 32.5 Å². The summed E-state index contributed by atoms with van der Waals surface area (Å²) < 4.78 is 74.7. The van der Waals surface area contributed by atoms with E-state index in [1.54, 1.807) is 18.3 Å². The van der Waals surface area contributed by atoms with Crippen LogP contribution in [0.2, 0.25) is 0 Å². The number of nitrogens with zero attached hydrogens (tertiary/aromatic N) is 2. The number of fused-ring (bicyclic) bond motifs is 1. The number of aliphatic carboxylic acids is 2. The molecule has 1 saturated carbocycles. The standard InChI is InChI=1S/C19H23N3O3.2C2HF3O2/c23-19(17-4-2-9-24-17)21-12-15-5-6-16-18(15)25-10-8-22(16)13-14-3-1-7-20-11-14;2*3-2(4,5)1(6)7/h1-4,7,9,11,15-16,18H,5-6,8,10,12-13H2,(H,21,23);2*(H,6,7). The number of halogens is 6. The van der Waals surface area contributed by atoms with Crippen LogP contribution >= 0.6 is 0 Å². The molecule has 1 saturated heterocycles. The fraction of sp³-hybridized carbons (Fsp3) is 0.478. The van der Waals surface area contributed by atoms with E-state index in [9.17, 15) is 31.1 Å². The van der Waals surface area contributed by atoms with Crippen molar-refractivity contribution < 1.29 is 60.1 Å². The zero-order valence-electron chi connectivity index (χ0n) is 20.1. The summed E-state index contributed by atoms with van der Waals surface area (Å²) >= 11 is 0. The predicted octanol–water partition coefficient (Wildman–Crippen LogP) is 3.35. The van der Waals surface area contributed by atoms with Gasteiger partial charge in [-0.3, -0.25) is 14.7 Å². The molecule has 2 aromatic heterocycles. The number of carboxylic acids is 2. The Labute approximate surface area is 217 Å². The first-order chi connectivity index (χ1) is 18.2. The van der Waals surface area contributed by atoms with E-state index in [1.165, 1.54) is 11.8 Å². The van der Waals surface area contributed by atoms with E-state index >= 15 is 0 Å². The summed E-state index contributed by atoms with van der Waals surface area (Å²) in [5.41, 5.74) is 1.23. The van der Waals surface area contributed by atoms with Gasteiger partial charge in [0.15, 0.2) is 5.76 Å². The third-order valence-electron chi connectivity index (χ3n) is 5.70. The molecule has 3 N–H and O–H groups in total. The van der Waals surface area contributed by atoms with E-state index in [4.69, 9.17) is 29.0 Å². The van der Waals surface area contributed by atoms with Gasteiger partial charge in [-0.1, -0.05) is 6.07 Å². The Hall–Kier alpha value is -3.66. The van der Waals surface area contributed by atoms with Crippen molar-refractivity contribution in [3.05, 3.63) is 54.2 Å². The average Bonchev–Trinajstić information content (AvgIpc) is 3.54. The molecule has 1 amide bonds. The fourth-order valence-corrected chi connectivity index (χ4v) is 4.00. The Kier molecular flexibility index (Phi) is 11.3. The van der Waals surface area contributed by atoms with E-state index in [-0.39, 0.29) is 12.0 Å². The molecule has 4 rings (SSSR count). The first-order valence-electron chi connectivity index (χ1n) is 11.4. The summed E-state index contributed by atoms with van der Waals surface area (Å²) in [6.45, 7) is 3.22. The predicted molar refractivity (Wildman–Crippen MR) is 119 cm³/mol. The van der Waals surface area contributed by atoms with Crippen molar-refractivity contribution in [1.29, 1.82) is 0 Å². The van der Waals surface area contributed by atoms with Gasteiger partial charge in [-0.15, -0.1) is 0 Å². The van der Waals surface area contributed by atoms with Crippen LogP contribution in [0.25, 0.3) is 0 Å². The van der Waals surface area contributed by atoms with Crippen molar-refractivity contribution in [2.45, 2.75) is 43.9 Å². The topological polar surface area (TPSA) is 142 Å². The Morgan fingerprint density at radius 2 is 1.67 bits per heavy atom. The minimum atomic E-state index is -5.08. The normalized spacial score (nSPS) is 20.9. The van der Waals surface area contributed by atoms with E-state index in [1.807, 2.05) is 12.3 Å². The Balaban J connectivity index is 0.000000317. The molecule has 0 bridgehead atoms. The number of aromatic nitrogens is 1. The van der Waals surface area contributed by atoms with E-state index in [2.05, 4.69) is 21.3 Å². The van der Waals surface area contributed by atoms with Crippen LogP contribution in [-0.2, 0) is 20.9 Å². The number of ether oxygens (including phenoxy) is 1. The number of nitrogens with one attached hydrogen (secondary N) is 1. The van der Waals surface area contributed by atoms with Gasteiger partial charge in [0.1, 0.15) is 0 Å². The second-order valence-electron chi connectivity index (χ2n) is 8.37. The van der Waals surface area contributed by atoms with Crippen molar-refractivity contribution in [1.82, 2.24) is 15.2 Å². The first kappa shape index (κ1) is 31.6. The number of carboxylic acid groups (broad SMARTS) is 2. The minimum absolute atomic E-state index is 0.156. The van der Waals surface area contributed by atoms with Crippen LogP contribution in [0.5, 0.6) is 0 Å². The van der Waals surface area contributed by atoms with Gasteiger partial charge in [0.05, 0.1) is 19.0 Å². The van der Waals surface area contributed by atoms with Crippen LogP contribution in [0.15, 0.2) is 47.3 Å². The van der Waals surface area contributed by atoms with E-state index in [0.29, 0.717) is 24.3 Å². The van der Waals surface area contributed by atoms with Gasteiger partial charge in [0, 0.05) is 44.0 Å². The van der Waals surface area contributed by atoms with Gasteiger partial charge in [-0.25, -0.2) is 9.59 Å². The minimum Gasteiger partial charge on any atom is -0.475 e. The number of amides is 1. The maximum Gasteiger partial charge on any atom is 0.490 e. The maximum atomic E-state index is 12.1. The highest BCUT2D eigenvalue weighted by Gasteiger charge is 2.42. The lowest BCUT2D eigenvalue weighted by Crippen LogP contribution is -2.50. The molecule has 3 heterocycles. The molecule has 216 valence electrons. The summed E-state index contributed by atoms with van der Waals surface area (Å²) in [7, 11) is 0. The maximum absolute atomic E-state index is 12.1. The number of hydrogen-bond acceptors (Lipinski definition) is 7. The first-order valence-corrected chi connectivity index (χ1v) is 11.4. The lowest BCUT2D eigenvalue weighted by Gasteiger charge is -2.39. The highest BCUT2D eigenvalue weighted by Crippen LogP contribution is 2.35. The van der Waals surface area contributed by atoms with Crippen molar-refractivity contribution in [3.8, 4) is 0 Å². The van der Waals surface area contributed by atoms with Gasteiger partial charge in [-0.2, -0.15) is 26.3 Å². The molecule has 0 radical (unpaired) electrons. The molecule has 2 aliphatic rings. The summed E-state index contributed by atoms with van der Waals surface area (Å²) in [5, 5.41) is 17.2. The number of pyridine rings is 1. The highest BCUT2D eigenvalue weighted by molar-refractivity contribution is 5.91. The van der Waals surface area contributed by atoms with Crippen molar-refractivity contribution >= 4 is 17.8 Å². The molecule has 39 heavy (non-hydrogen) atoms. The quantitative estimate of drug-likeness (QED) is 0.462. The van der Waals surface area contributed by atoms with Gasteiger partial charge in [0.25, 0.3) is 5.91 Å². The summed E-state index contributed by atoms with van der Waals surface area (Å²) in [6.07, 6.45) is -2.56. The van der Waals surface area contributed by atoms with Gasteiger partial charge in [-0.05, 0) is 36.6 Å². The number of carbonyl (C=O) groups excluding carboxylic acids is 1. The molecule has 10 nitrogen and oxygen atoms in total. The average molecular weight is 569 g/mol. The van der Waals surface area contributed by atoms with Crippen molar-refractivity contribution in [2.24, 2.45) is 5.92 Å².